The Labute approximate surface area is 124 Å². The molecule has 2 aromatic rings. The van der Waals surface area contributed by atoms with Crippen molar-refractivity contribution in [2.45, 2.75) is 18.4 Å². The first-order valence-corrected chi connectivity index (χ1v) is 7.97. The highest BCUT2D eigenvalue weighted by Gasteiger charge is 2.11. The summed E-state index contributed by atoms with van der Waals surface area (Å²) in [5.74, 6) is 0.254. The number of hydrogen-bond donors (Lipinski definition) is 3. The first-order chi connectivity index (χ1) is 9.94. The fourth-order valence-corrected chi connectivity index (χ4v) is 2.73. The molecule has 0 heterocycles. The molecule has 0 bridgehead atoms. The monoisotopic (exact) mass is 306 g/mol. The standard InChI is InChI=1S/C15H18N2O3S/c1-11-5-3-6-12(15(11)18)10-17-13-7-4-8-14(9-13)21(19,20)16-2/h3-9,16-18H,10H2,1-2H3. The molecule has 0 amide bonds. The molecule has 0 radical (unpaired) electrons. The van der Waals surface area contributed by atoms with Crippen LogP contribution in [0.15, 0.2) is 47.4 Å². The summed E-state index contributed by atoms with van der Waals surface area (Å²) in [7, 11) is -2.08. The van der Waals surface area contributed by atoms with Gasteiger partial charge in [-0.3, -0.25) is 0 Å². The van der Waals surface area contributed by atoms with Gasteiger partial charge in [0.25, 0.3) is 0 Å². The van der Waals surface area contributed by atoms with Crippen molar-refractivity contribution in [1.29, 1.82) is 0 Å². The Morgan fingerprint density at radius 3 is 2.57 bits per heavy atom. The van der Waals surface area contributed by atoms with Gasteiger partial charge in [-0.2, -0.15) is 0 Å². The van der Waals surface area contributed by atoms with E-state index in [1.807, 2.05) is 25.1 Å². The predicted octanol–water partition coefficient (Wildman–Crippen LogP) is 2.22. The van der Waals surface area contributed by atoms with Gasteiger partial charge in [0.05, 0.1) is 4.90 Å². The van der Waals surface area contributed by atoms with Gasteiger partial charge >= 0.3 is 0 Å². The quantitative estimate of drug-likeness (QED) is 0.791. The number of para-hydroxylation sites is 1. The number of phenols is 1. The SMILES string of the molecule is CNS(=O)(=O)c1cccc(NCc2cccc(C)c2O)c1. The van der Waals surface area contributed by atoms with Crippen LogP contribution in [0.5, 0.6) is 5.75 Å². The van der Waals surface area contributed by atoms with Gasteiger partial charge in [0, 0.05) is 17.8 Å². The Balaban J connectivity index is 2.18. The number of benzene rings is 2. The van der Waals surface area contributed by atoms with Gasteiger partial charge in [0.1, 0.15) is 5.75 Å². The van der Waals surface area contributed by atoms with E-state index in [9.17, 15) is 13.5 Å². The van der Waals surface area contributed by atoms with Crippen molar-refractivity contribution in [3.05, 3.63) is 53.6 Å². The lowest BCUT2D eigenvalue weighted by molar-refractivity contribution is 0.465. The number of hydrogen-bond acceptors (Lipinski definition) is 4. The predicted molar refractivity (Wildman–Crippen MR) is 82.9 cm³/mol. The molecule has 2 aromatic carbocycles. The van der Waals surface area contributed by atoms with Crippen molar-refractivity contribution in [3.8, 4) is 5.75 Å². The highest BCUT2D eigenvalue weighted by molar-refractivity contribution is 7.89. The van der Waals surface area contributed by atoms with Crippen LogP contribution in [0.25, 0.3) is 0 Å². The summed E-state index contributed by atoms with van der Waals surface area (Å²) in [6, 6.07) is 12.1. The molecule has 0 aliphatic heterocycles. The molecule has 0 saturated heterocycles. The van der Waals surface area contributed by atoms with Crippen LogP contribution in [0.3, 0.4) is 0 Å². The van der Waals surface area contributed by atoms with Crippen molar-refractivity contribution in [2.24, 2.45) is 0 Å². The van der Waals surface area contributed by atoms with Crippen LogP contribution >= 0.6 is 0 Å². The number of aryl methyl sites for hydroxylation is 1. The molecule has 0 aliphatic rings. The highest BCUT2D eigenvalue weighted by Crippen LogP contribution is 2.23. The normalized spacial score (nSPS) is 11.3. The molecule has 5 nitrogen and oxygen atoms in total. The Morgan fingerprint density at radius 1 is 1.14 bits per heavy atom. The summed E-state index contributed by atoms with van der Waals surface area (Å²) in [4.78, 5) is 0.198. The van der Waals surface area contributed by atoms with Crippen molar-refractivity contribution in [2.75, 3.05) is 12.4 Å². The van der Waals surface area contributed by atoms with E-state index in [2.05, 4.69) is 10.0 Å². The van der Waals surface area contributed by atoms with Crippen LogP contribution in [0.1, 0.15) is 11.1 Å². The van der Waals surface area contributed by atoms with Gasteiger partial charge in [-0.1, -0.05) is 24.3 Å². The fourth-order valence-electron chi connectivity index (χ4n) is 1.95. The maximum atomic E-state index is 11.7. The lowest BCUT2D eigenvalue weighted by Crippen LogP contribution is -2.18. The van der Waals surface area contributed by atoms with Crippen LogP contribution in [0.4, 0.5) is 5.69 Å². The second-order valence-electron chi connectivity index (χ2n) is 4.67. The van der Waals surface area contributed by atoms with Crippen molar-refractivity contribution >= 4 is 15.7 Å². The minimum absolute atomic E-state index is 0.198. The molecule has 0 fully saturated rings. The van der Waals surface area contributed by atoms with E-state index in [-0.39, 0.29) is 10.6 Å². The minimum atomic E-state index is -3.46. The van der Waals surface area contributed by atoms with Crippen LogP contribution in [-0.4, -0.2) is 20.6 Å². The third-order valence-corrected chi connectivity index (χ3v) is 4.63. The van der Waals surface area contributed by atoms with Crippen LogP contribution in [-0.2, 0) is 16.6 Å². The molecule has 0 aromatic heterocycles. The Hall–Kier alpha value is -2.05. The van der Waals surface area contributed by atoms with Crippen LogP contribution in [0, 0.1) is 6.92 Å². The lowest BCUT2D eigenvalue weighted by atomic mass is 10.1. The topological polar surface area (TPSA) is 78.4 Å². The molecule has 2 rings (SSSR count). The minimum Gasteiger partial charge on any atom is -0.507 e. The summed E-state index contributed by atoms with van der Waals surface area (Å²) >= 11 is 0. The summed E-state index contributed by atoms with van der Waals surface area (Å²) in [6.45, 7) is 2.25. The van der Waals surface area contributed by atoms with Crippen molar-refractivity contribution in [1.82, 2.24) is 4.72 Å². The molecule has 3 N–H and O–H groups in total. The average Bonchev–Trinajstić information content (AvgIpc) is 2.49. The van der Waals surface area contributed by atoms with E-state index in [0.717, 1.165) is 11.1 Å². The van der Waals surface area contributed by atoms with E-state index in [1.165, 1.54) is 13.1 Å². The Morgan fingerprint density at radius 2 is 1.86 bits per heavy atom. The van der Waals surface area contributed by atoms with E-state index in [1.54, 1.807) is 18.2 Å². The maximum Gasteiger partial charge on any atom is 0.240 e. The molecular weight excluding hydrogens is 288 g/mol. The van der Waals surface area contributed by atoms with E-state index in [0.29, 0.717) is 12.2 Å². The molecule has 0 saturated carbocycles. The first kappa shape index (κ1) is 15.3. The van der Waals surface area contributed by atoms with E-state index in [4.69, 9.17) is 0 Å². The average molecular weight is 306 g/mol. The molecular formula is C15H18N2O3S. The third-order valence-electron chi connectivity index (χ3n) is 3.22. The zero-order valence-corrected chi connectivity index (χ0v) is 12.7. The second-order valence-corrected chi connectivity index (χ2v) is 6.56. The molecule has 0 atom stereocenters. The first-order valence-electron chi connectivity index (χ1n) is 6.49. The summed E-state index contributed by atoms with van der Waals surface area (Å²) in [6.07, 6.45) is 0. The molecule has 0 aliphatic carbocycles. The zero-order valence-electron chi connectivity index (χ0n) is 11.9. The fraction of sp³-hybridized carbons (Fsp3) is 0.200. The van der Waals surface area contributed by atoms with Gasteiger partial charge in [-0.15, -0.1) is 0 Å². The maximum absolute atomic E-state index is 11.7. The smallest absolute Gasteiger partial charge is 0.240 e. The third kappa shape index (κ3) is 3.53. The summed E-state index contributed by atoms with van der Waals surface area (Å²) in [5.41, 5.74) is 2.24. The van der Waals surface area contributed by atoms with Gasteiger partial charge in [0.15, 0.2) is 0 Å². The highest BCUT2D eigenvalue weighted by atomic mass is 32.2. The van der Waals surface area contributed by atoms with Gasteiger partial charge < -0.3 is 10.4 Å². The van der Waals surface area contributed by atoms with E-state index < -0.39 is 10.0 Å². The Kier molecular flexibility index (Phi) is 4.50. The lowest BCUT2D eigenvalue weighted by Gasteiger charge is -2.11. The number of nitrogens with one attached hydrogen (secondary N) is 2. The van der Waals surface area contributed by atoms with Crippen LogP contribution < -0.4 is 10.0 Å². The summed E-state index contributed by atoms with van der Waals surface area (Å²) in [5, 5.41) is 13.1. The number of sulfonamides is 1. The van der Waals surface area contributed by atoms with Crippen molar-refractivity contribution in [3.63, 3.8) is 0 Å². The largest absolute Gasteiger partial charge is 0.507 e. The molecule has 112 valence electrons. The molecule has 0 spiro atoms. The number of rotatable bonds is 5. The molecule has 6 heteroatoms. The van der Waals surface area contributed by atoms with Gasteiger partial charge in [-0.25, -0.2) is 13.1 Å². The number of phenolic OH excluding ortho intramolecular Hbond substituents is 1. The second kappa shape index (κ2) is 6.15. The van der Waals surface area contributed by atoms with Gasteiger partial charge in [-0.05, 0) is 37.7 Å². The summed E-state index contributed by atoms with van der Waals surface area (Å²) < 4.78 is 25.8. The number of aromatic hydroxyl groups is 1. The van der Waals surface area contributed by atoms with Crippen LogP contribution in [0.2, 0.25) is 0 Å². The molecule has 21 heavy (non-hydrogen) atoms. The molecule has 0 unspecified atom stereocenters. The van der Waals surface area contributed by atoms with Gasteiger partial charge in [0.2, 0.25) is 10.0 Å². The zero-order chi connectivity index (χ0) is 15.5. The number of anilines is 1. The van der Waals surface area contributed by atoms with E-state index >= 15 is 0 Å². The van der Waals surface area contributed by atoms with Crippen molar-refractivity contribution < 1.29 is 13.5 Å². The Bertz CT molecular complexity index is 742.